The Bertz CT molecular complexity index is 602. The first-order valence-corrected chi connectivity index (χ1v) is 7.41. The van der Waals surface area contributed by atoms with Gasteiger partial charge in [-0.1, -0.05) is 6.07 Å². The van der Waals surface area contributed by atoms with Crippen LogP contribution in [0, 0.1) is 12.7 Å². The monoisotopic (exact) mass is 276 g/mol. The van der Waals surface area contributed by atoms with Crippen LogP contribution in [-0.4, -0.2) is 12.0 Å². The topological polar surface area (TPSA) is 24.9 Å². The molecule has 19 heavy (non-hydrogen) atoms. The van der Waals surface area contributed by atoms with E-state index in [1.54, 1.807) is 17.4 Å². The van der Waals surface area contributed by atoms with Crippen molar-refractivity contribution in [3.63, 3.8) is 0 Å². The normalized spacial score (nSPS) is 14.9. The molecule has 1 fully saturated rings. The zero-order valence-corrected chi connectivity index (χ0v) is 12.0. The van der Waals surface area contributed by atoms with Crippen LogP contribution >= 0.6 is 11.3 Å². The van der Waals surface area contributed by atoms with Gasteiger partial charge in [0.05, 0.1) is 5.69 Å². The molecule has 100 valence electrons. The van der Waals surface area contributed by atoms with Gasteiger partial charge in [0.2, 0.25) is 0 Å². The zero-order valence-electron chi connectivity index (χ0n) is 11.2. The molecule has 0 saturated heterocycles. The van der Waals surface area contributed by atoms with Crippen molar-refractivity contribution in [3.8, 4) is 10.6 Å². The van der Waals surface area contributed by atoms with E-state index in [0.29, 0.717) is 5.92 Å². The van der Waals surface area contributed by atoms with Crippen molar-refractivity contribution in [3.05, 3.63) is 40.2 Å². The summed E-state index contributed by atoms with van der Waals surface area (Å²) in [6, 6.07) is 4.91. The van der Waals surface area contributed by atoms with E-state index in [0.717, 1.165) is 22.7 Å². The molecule has 1 aromatic heterocycles. The predicted octanol–water partition coefficient (Wildman–Crippen LogP) is 3.85. The summed E-state index contributed by atoms with van der Waals surface area (Å²) >= 11 is 1.69. The Labute approximate surface area is 116 Å². The summed E-state index contributed by atoms with van der Waals surface area (Å²) in [6.45, 7) is 2.85. The molecule has 0 amide bonds. The first-order valence-electron chi connectivity index (χ1n) is 6.59. The number of thiazole rings is 1. The highest BCUT2D eigenvalue weighted by molar-refractivity contribution is 7.15. The molecule has 0 spiro atoms. The Hall–Kier alpha value is -1.26. The number of hydrogen-bond donors (Lipinski definition) is 1. The first kappa shape index (κ1) is 12.8. The van der Waals surface area contributed by atoms with E-state index in [4.69, 9.17) is 4.98 Å². The number of benzene rings is 1. The van der Waals surface area contributed by atoms with E-state index in [-0.39, 0.29) is 5.82 Å². The van der Waals surface area contributed by atoms with E-state index < -0.39 is 0 Å². The number of hydrogen-bond acceptors (Lipinski definition) is 3. The second kappa shape index (κ2) is 5.02. The summed E-state index contributed by atoms with van der Waals surface area (Å²) in [6.07, 6.45) is 2.48. The van der Waals surface area contributed by atoms with Crippen molar-refractivity contribution in [2.45, 2.75) is 32.2 Å². The largest absolute Gasteiger partial charge is 0.315 e. The van der Waals surface area contributed by atoms with Crippen LogP contribution in [-0.2, 0) is 6.54 Å². The maximum atomic E-state index is 13.4. The highest BCUT2D eigenvalue weighted by Gasteiger charge is 2.29. The molecule has 0 unspecified atom stereocenters. The van der Waals surface area contributed by atoms with Gasteiger partial charge in [-0.2, -0.15) is 0 Å². The number of rotatable bonds is 4. The molecule has 4 heteroatoms. The van der Waals surface area contributed by atoms with Gasteiger partial charge in [-0.25, -0.2) is 9.37 Å². The van der Waals surface area contributed by atoms with Crippen molar-refractivity contribution >= 4 is 11.3 Å². The van der Waals surface area contributed by atoms with Gasteiger partial charge in [-0.15, -0.1) is 11.3 Å². The van der Waals surface area contributed by atoms with Gasteiger partial charge in [0.1, 0.15) is 10.8 Å². The van der Waals surface area contributed by atoms with Crippen LogP contribution in [0.1, 0.15) is 34.9 Å². The first-order chi connectivity index (χ1) is 9.19. The fourth-order valence-electron chi connectivity index (χ4n) is 2.27. The minimum Gasteiger partial charge on any atom is -0.315 e. The summed E-state index contributed by atoms with van der Waals surface area (Å²) in [5.41, 5.74) is 3.22. The number of nitrogens with one attached hydrogen (secondary N) is 1. The van der Waals surface area contributed by atoms with Crippen molar-refractivity contribution in [1.82, 2.24) is 10.3 Å². The van der Waals surface area contributed by atoms with Crippen LogP contribution < -0.4 is 5.32 Å². The molecule has 1 heterocycles. The Morgan fingerprint density at radius 2 is 2.21 bits per heavy atom. The fraction of sp³-hybridized carbons (Fsp3) is 0.400. The lowest BCUT2D eigenvalue weighted by molar-refractivity contribution is 0.628. The molecule has 1 aromatic carbocycles. The van der Waals surface area contributed by atoms with E-state index in [1.807, 2.05) is 20.0 Å². The Kier molecular flexibility index (Phi) is 3.37. The number of aromatic nitrogens is 1. The molecule has 0 aliphatic heterocycles. The lowest BCUT2D eigenvalue weighted by Gasteiger charge is -2.01. The summed E-state index contributed by atoms with van der Waals surface area (Å²) in [7, 11) is 1.95. The highest BCUT2D eigenvalue weighted by Crippen LogP contribution is 2.44. The van der Waals surface area contributed by atoms with Gasteiger partial charge < -0.3 is 5.32 Å². The minimum absolute atomic E-state index is 0.195. The van der Waals surface area contributed by atoms with Crippen LogP contribution in [0.25, 0.3) is 10.6 Å². The van der Waals surface area contributed by atoms with Gasteiger partial charge in [0.15, 0.2) is 0 Å². The van der Waals surface area contributed by atoms with Crippen LogP contribution in [0.4, 0.5) is 4.39 Å². The molecule has 0 radical (unpaired) electrons. The second-order valence-corrected chi connectivity index (χ2v) is 6.17. The van der Waals surface area contributed by atoms with Crippen LogP contribution in [0.5, 0.6) is 0 Å². The molecule has 2 aromatic rings. The quantitative estimate of drug-likeness (QED) is 0.917. The number of nitrogens with zero attached hydrogens (tertiary/aromatic N) is 1. The van der Waals surface area contributed by atoms with Crippen LogP contribution in [0.15, 0.2) is 18.2 Å². The van der Waals surface area contributed by atoms with E-state index in [9.17, 15) is 4.39 Å². The molecule has 0 atom stereocenters. The third-order valence-electron chi connectivity index (χ3n) is 3.46. The summed E-state index contributed by atoms with van der Waals surface area (Å²) in [5.74, 6) is 0.432. The van der Waals surface area contributed by atoms with Crippen LogP contribution in [0.3, 0.4) is 0 Å². The SMILES string of the molecule is CNCc1sc(-c2cc(F)ccc2C)nc1C1CC1. The average Bonchev–Trinajstić information content (AvgIpc) is 3.15. The molecular weight excluding hydrogens is 259 g/mol. The van der Waals surface area contributed by atoms with Crippen LogP contribution in [0.2, 0.25) is 0 Å². The molecule has 1 saturated carbocycles. The summed E-state index contributed by atoms with van der Waals surface area (Å²) < 4.78 is 13.4. The molecule has 3 rings (SSSR count). The van der Waals surface area contributed by atoms with Crippen molar-refractivity contribution in [2.75, 3.05) is 7.05 Å². The van der Waals surface area contributed by atoms with E-state index in [2.05, 4.69) is 5.32 Å². The zero-order chi connectivity index (χ0) is 13.4. The maximum absolute atomic E-state index is 13.4. The smallest absolute Gasteiger partial charge is 0.124 e. The van der Waals surface area contributed by atoms with Gasteiger partial charge >= 0.3 is 0 Å². The second-order valence-electron chi connectivity index (χ2n) is 5.09. The molecule has 1 aliphatic rings. The summed E-state index contributed by atoms with van der Waals surface area (Å²) in [4.78, 5) is 6.07. The lowest BCUT2D eigenvalue weighted by atomic mass is 10.1. The highest BCUT2D eigenvalue weighted by atomic mass is 32.1. The van der Waals surface area contributed by atoms with Gasteiger partial charge in [0, 0.05) is 22.9 Å². The van der Waals surface area contributed by atoms with E-state index in [1.165, 1.54) is 29.5 Å². The van der Waals surface area contributed by atoms with E-state index >= 15 is 0 Å². The minimum atomic E-state index is -0.195. The Balaban J connectivity index is 2.04. The standard InChI is InChI=1S/C15H17FN2S/c1-9-3-6-11(16)7-12(9)15-18-14(10-4-5-10)13(19-15)8-17-2/h3,6-7,10,17H,4-5,8H2,1-2H3. The summed E-state index contributed by atoms with van der Waals surface area (Å²) in [5, 5.41) is 4.14. The molecule has 0 bridgehead atoms. The molecule has 2 nitrogen and oxygen atoms in total. The Morgan fingerprint density at radius 1 is 1.42 bits per heavy atom. The Morgan fingerprint density at radius 3 is 2.89 bits per heavy atom. The van der Waals surface area contributed by atoms with Gasteiger partial charge in [-0.3, -0.25) is 0 Å². The number of halogens is 1. The third kappa shape index (κ3) is 2.55. The molecule has 1 N–H and O–H groups in total. The van der Waals surface area contributed by atoms with Gasteiger partial charge in [-0.05, 0) is 44.5 Å². The average molecular weight is 276 g/mol. The van der Waals surface area contributed by atoms with Gasteiger partial charge in [0.25, 0.3) is 0 Å². The third-order valence-corrected chi connectivity index (χ3v) is 4.56. The van der Waals surface area contributed by atoms with Crippen molar-refractivity contribution in [1.29, 1.82) is 0 Å². The van der Waals surface area contributed by atoms with Crippen molar-refractivity contribution < 1.29 is 4.39 Å². The molecule has 1 aliphatic carbocycles. The fourth-order valence-corrected chi connectivity index (χ4v) is 3.51. The van der Waals surface area contributed by atoms with Crippen molar-refractivity contribution in [2.24, 2.45) is 0 Å². The predicted molar refractivity (Wildman–Crippen MR) is 77.0 cm³/mol. The molecular formula is C15H17FN2S. The number of aryl methyl sites for hydroxylation is 1. The lowest BCUT2D eigenvalue weighted by Crippen LogP contribution is -2.05. The maximum Gasteiger partial charge on any atom is 0.124 e.